The fourth-order valence-electron chi connectivity index (χ4n) is 2.98. The van der Waals surface area contributed by atoms with Gasteiger partial charge in [-0.2, -0.15) is 0 Å². The molecule has 7 heteroatoms. The number of aryl methyl sites for hydroxylation is 1. The third-order valence-corrected chi connectivity index (χ3v) is 7.50. The first-order chi connectivity index (χ1) is 13.5. The molecular weight excluding hydrogens is 456 g/mol. The number of fused-ring (bicyclic) bond motifs is 1. The summed E-state index contributed by atoms with van der Waals surface area (Å²) in [7, 11) is -3.71. The molecule has 0 radical (unpaired) electrons. The molecule has 4 rings (SSSR count). The second-order valence-electron chi connectivity index (χ2n) is 6.27. The highest BCUT2D eigenvalue weighted by Crippen LogP contribution is 2.33. The van der Waals surface area contributed by atoms with Crippen molar-refractivity contribution in [2.24, 2.45) is 0 Å². The maximum absolute atomic E-state index is 12.9. The molecule has 4 nitrogen and oxygen atoms in total. The quantitative estimate of drug-likeness (QED) is 0.382. The molecule has 0 fully saturated rings. The Morgan fingerprint density at radius 1 is 1.00 bits per heavy atom. The fourth-order valence-corrected chi connectivity index (χ4v) is 5.43. The molecule has 28 heavy (non-hydrogen) atoms. The van der Waals surface area contributed by atoms with E-state index in [0.717, 1.165) is 37.8 Å². The highest BCUT2D eigenvalue weighted by Gasteiger charge is 2.19. The molecule has 0 saturated heterocycles. The molecule has 0 unspecified atom stereocenters. The van der Waals surface area contributed by atoms with Crippen LogP contribution in [-0.2, 0) is 16.4 Å². The Bertz CT molecular complexity index is 1250. The first-order valence-corrected chi connectivity index (χ1v) is 11.8. The number of aromatic nitrogens is 1. The number of thiazole rings is 1. The average Bonchev–Trinajstić information content (AvgIpc) is 3.10. The number of rotatable bonds is 5. The summed E-state index contributed by atoms with van der Waals surface area (Å²) >= 11 is 4.80. The van der Waals surface area contributed by atoms with Crippen LogP contribution in [0.3, 0.4) is 0 Å². The van der Waals surface area contributed by atoms with Gasteiger partial charge < -0.3 is 0 Å². The average molecular weight is 473 g/mol. The van der Waals surface area contributed by atoms with Gasteiger partial charge in [0.15, 0.2) is 5.13 Å². The van der Waals surface area contributed by atoms with Gasteiger partial charge in [0.25, 0.3) is 10.0 Å². The summed E-state index contributed by atoms with van der Waals surface area (Å²) in [5.74, 6) is 0. The number of nitrogens with zero attached hydrogens (tertiary/aromatic N) is 1. The van der Waals surface area contributed by atoms with Gasteiger partial charge in [-0.05, 0) is 41.5 Å². The van der Waals surface area contributed by atoms with Gasteiger partial charge in [0.05, 0.1) is 10.6 Å². The largest absolute Gasteiger partial charge is 0.263 e. The van der Waals surface area contributed by atoms with Crippen LogP contribution >= 0.6 is 27.3 Å². The van der Waals surface area contributed by atoms with Crippen LogP contribution in [0.25, 0.3) is 22.0 Å². The molecule has 0 atom stereocenters. The van der Waals surface area contributed by atoms with E-state index in [4.69, 9.17) is 0 Å². The van der Waals surface area contributed by atoms with Crippen LogP contribution in [0.4, 0.5) is 5.13 Å². The van der Waals surface area contributed by atoms with Gasteiger partial charge in [-0.15, -0.1) is 11.3 Å². The van der Waals surface area contributed by atoms with E-state index in [-0.39, 0.29) is 4.90 Å². The van der Waals surface area contributed by atoms with Gasteiger partial charge in [0, 0.05) is 14.9 Å². The highest BCUT2D eigenvalue weighted by molar-refractivity contribution is 9.10. The van der Waals surface area contributed by atoms with Crippen molar-refractivity contribution in [2.45, 2.75) is 18.2 Å². The van der Waals surface area contributed by atoms with Crippen LogP contribution in [-0.4, -0.2) is 13.4 Å². The lowest BCUT2D eigenvalue weighted by molar-refractivity contribution is 0.601. The van der Waals surface area contributed by atoms with E-state index < -0.39 is 10.0 Å². The predicted octanol–water partition coefficient (Wildman–Crippen LogP) is 6.09. The van der Waals surface area contributed by atoms with Gasteiger partial charge in [0.2, 0.25) is 0 Å². The monoisotopic (exact) mass is 472 g/mol. The van der Waals surface area contributed by atoms with Crippen molar-refractivity contribution in [3.63, 3.8) is 0 Å². The molecular formula is C21H17BrN2O2S2. The topological polar surface area (TPSA) is 59.1 Å². The lowest BCUT2D eigenvalue weighted by Gasteiger charge is -2.06. The zero-order valence-electron chi connectivity index (χ0n) is 15.0. The van der Waals surface area contributed by atoms with E-state index in [1.54, 1.807) is 12.1 Å². The first-order valence-electron chi connectivity index (χ1n) is 8.73. The molecule has 4 aromatic rings. The molecule has 0 bridgehead atoms. The van der Waals surface area contributed by atoms with Gasteiger partial charge in [-0.3, -0.25) is 4.72 Å². The molecule has 142 valence electrons. The summed E-state index contributed by atoms with van der Waals surface area (Å²) in [5.41, 5.74) is 1.78. The van der Waals surface area contributed by atoms with E-state index in [9.17, 15) is 8.42 Å². The molecule has 0 spiro atoms. The van der Waals surface area contributed by atoms with Crippen LogP contribution in [0, 0.1) is 0 Å². The molecule has 1 heterocycles. The molecule has 1 N–H and O–H groups in total. The van der Waals surface area contributed by atoms with Crippen molar-refractivity contribution in [3.05, 3.63) is 76.1 Å². The van der Waals surface area contributed by atoms with Crippen LogP contribution in [0.2, 0.25) is 0 Å². The van der Waals surface area contributed by atoms with Crippen molar-refractivity contribution in [1.82, 2.24) is 4.98 Å². The van der Waals surface area contributed by atoms with Gasteiger partial charge in [0.1, 0.15) is 0 Å². The molecule has 1 aromatic heterocycles. The number of hydrogen-bond donors (Lipinski definition) is 1. The Labute approximate surface area is 176 Å². The minimum Gasteiger partial charge on any atom is -0.255 e. The van der Waals surface area contributed by atoms with Crippen molar-refractivity contribution in [3.8, 4) is 11.3 Å². The van der Waals surface area contributed by atoms with E-state index >= 15 is 0 Å². The zero-order valence-corrected chi connectivity index (χ0v) is 18.2. The van der Waals surface area contributed by atoms with Crippen LogP contribution in [0.1, 0.15) is 11.8 Å². The Morgan fingerprint density at radius 2 is 1.71 bits per heavy atom. The van der Waals surface area contributed by atoms with Crippen molar-refractivity contribution in [1.29, 1.82) is 0 Å². The molecule has 3 aromatic carbocycles. The molecule has 0 aliphatic rings. The smallest absolute Gasteiger partial charge is 0.255 e. The van der Waals surface area contributed by atoms with E-state index in [1.807, 2.05) is 61.5 Å². The lowest BCUT2D eigenvalue weighted by Crippen LogP contribution is -2.12. The van der Waals surface area contributed by atoms with E-state index in [2.05, 4.69) is 25.6 Å². The van der Waals surface area contributed by atoms with Gasteiger partial charge in [-0.1, -0.05) is 65.3 Å². The Morgan fingerprint density at radius 3 is 2.43 bits per heavy atom. The zero-order chi connectivity index (χ0) is 19.7. The van der Waals surface area contributed by atoms with E-state index in [1.165, 1.54) is 11.3 Å². The Balaban J connectivity index is 1.68. The van der Waals surface area contributed by atoms with Crippen molar-refractivity contribution >= 4 is 53.2 Å². The number of sulfonamides is 1. The minimum absolute atomic E-state index is 0.227. The minimum atomic E-state index is -3.71. The number of nitrogens with one attached hydrogen (secondary N) is 1. The van der Waals surface area contributed by atoms with Crippen LogP contribution in [0.5, 0.6) is 0 Å². The van der Waals surface area contributed by atoms with Crippen molar-refractivity contribution < 1.29 is 8.42 Å². The second-order valence-corrected chi connectivity index (χ2v) is 9.95. The summed E-state index contributed by atoms with van der Waals surface area (Å²) in [6.07, 6.45) is 0.779. The second kappa shape index (κ2) is 7.66. The number of anilines is 1. The van der Waals surface area contributed by atoms with Gasteiger partial charge >= 0.3 is 0 Å². The summed E-state index contributed by atoms with van der Waals surface area (Å²) in [5, 5.41) is 2.26. The lowest BCUT2D eigenvalue weighted by atomic mass is 10.1. The number of hydrogen-bond acceptors (Lipinski definition) is 4. The summed E-state index contributed by atoms with van der Waals surface area (Å²) < 4.78 is 29.4. The summed E-state index contributed by atoms with van der Waals surface area (Å²) in [6, 6.07) is 20.6. The Hall–Kier alpha value is -2.22. The SMILES string of the molecule is CCc1sc(NS(=O)(=O)c2ccc3ccccc3c2)nc1-c1ccc(Br)cc1. The normalized spacial score (nSPS) is 11.6. The molecule has 0 aliphatic carbocycles. The first kappa shape index (κ1) is 19.1. The maximum Gasteiger partial charge on any atom is 0.263 e. The summed E-state index contributed by atoms with van der Waals surface area (Å²) in [4.78, 5) is 5.83. The third kappa shape index (κ3) is 3.83. The molecule has 0 aliphatic heterocycles. The Kier molecular flexibility index (Phi) is 5.23. The molecule has 0 amide bonds. The summed E-state index contributed by atoms with van der Waals surface area (Å²) in [6.45, 7) is 2.04. The predicted molar refractivity (Wildman–Crippen MR) is 119 cm³/mol. The van der Waals surface area contributed by atoms with E-state index in [0.29, 0.717) is 5.13 Å². The maximum atomic E-state index is 12.9. The third-order valence-electron chi connectivity index (χ3n) is 4.39. The fraction of sp³-hybridized carbons (Fsp3) is 0.0952. The molecule has 0 saturated carbocycles. The highest BCUT2D eigenvalue weighted by atomic mass is 79.9. The van der Waals surface area contributed by atoms with Gasteiger partial charge in [-0.25, -0.2) is 13.4 Å². The van der Waals surface area contributed by atoms with Crippen LogP contribution in [0.15, 0.2) is 76.1 Å². The standard InChI is InChI=1S/C21H17BrN2O2S2/c1-2-19-20(15-7-10-17(22)11-8-15)23-21(27-19)24-28(25,26)18-12-9-14-5-3-4-6-16(14)13-18/h3-13H,2H2,1H3,(H,23,24). The number of benzene rings is 3. The van der Waals surface area contributed by atoms with Crippen molar-refractivity contribution in [2.75, 3.05) is 4.72 Å². The number of halogens is 1. The van der Waals surface area contributed by atoms with Crippen LogP contribution < -0.4 is 4.72 Å².